The van der Waals surface area contributed by atoms with Gasteiger partial charge in [0.25, 0.3) is 0 Å². The highest BCUT2D eigenvalue weighted by Crippen LogP contribution is 2.40. The van der Waals surface area contributed by atoms with Gasteiger partial charge in [-0.2, -0.15) is 0 Å². The van der Waals surface area contributed by atoms with E-state index in [1.807, 2.05) is 12.1 Å². The standard InChI is InChI=1S/C15H20BrClO2/c1-10(2)4-5-13(17)11-8-14-15(9-12(11)16)19-7-3-6-18-14/h8-10,13H,3-7H2,1-2H3. The van der Waals surface area contributed by atoms with Crippen LogP contribution in [0, 0.1) is 5.92 Å². The minimum absolute atomic E-state index is 0.00827. The molecular formula is C15H20BrClO2. The van der Waals surface area contributed by atoms with Crippen molar-refractivity contribution in [3.63, 3.8) is 0 Å². The van der Waals surface area contributed by atoms with Gasteiger partial charge in [-0.05, 0) is 36.5 Å². The van der Waals surface area contributed by atoms with Crippen LogP contribution in [0.5, 0.6) is 11.5 Å². The summed E-state index contributed by atoms with van der Waals surface area (Å²) in [6.45, 7) is 5.84. The van der Waals surface area contributed by atoms with E-state index in [9.17, 15) is 0 Å². The van der Waals surface area contributed by atoms with Crippen molar-refractivity contribution in [2.75, 3.05) is 13.2 Å². The quantitative estimate of drug-likeness (QED) is 0.686. The van der Waals surface area contributed by atoms with Gasteiger partial charge in [-0.1, -0.05) is 29.8 Å². The van der Waals surface area contributed by atoms with E-state index in [4.69, 9.17) is 21.1 Å². The van der Waals surface area contributed by atoms with Gasteiger partial charge in [-0.25, -0.2) is 0 Å². The number of hydrogen-bond acceptors (Lipinski definition) is 2. The highest BCUT2D eigenvalue weighted by atomic mass is 79.9. The predicted octanol–water partition coefficient (Wildman–Crippen LogP) is 5.33. The Morgan fingerprint density at radius 1 is 1.16 bits per heavy atom. The molecule has 1 aliphatic heterocycles. The molecule has 1 unspecified atom stereocenters. The summed E-state index contributed by atoms with van der Waals surface area (Å²) in [5, 5.41) is 0.00827. The van der Waals surface area contributed by atoms with Crippen LogP contribution >= 0.6 is 27.5 Å². The largest absolute Gasteiger partial charge is 0.490 e. The first-order valence-corrected chi connectivity index (χ1v) is 8.04. The van der Waals surface area contributed by atoms with Gasteiger partial charge in [-0.15, -0.1) is 11.6 Å². The summed E-state index contributed by atoms with van der Waals surface area (Å²) in [5.74, 6) is 2.28. The second-order valence-corrected chi connectivity index (χ2v) is 6.69. The average molecular weight is 348 g/mol. The molecule has 0 N–H and O–H groups in total. The van der Waals surface area contributed by atoms with E-state index in [0.717, 1.165) is 40.8 Å². The summed E-state index contributed by atoms with van der Waals surface area (Å²) in [4.78, 5) is 0. The Morgan fingerprint density at radius 2 is 1.79 bits per heavy atom. The Bertz CT molecular complexity index is 434. The molecule has 0 bridgehead atoms. The lowest BCUT2D eigenvalue weighted by atomic mass is 10.0. The van der Waals surface area contributed by atoms with E-state index in [0.29, 0.717) is 19.1 Å². The van der Waals surface area contributed by atoms with Crippen molar-refractivity contribution in [1.82, 2.24) is 0 Å². The van der Waals surface area contributed by atoms with Crippen LogP contribution in [0.1, 0.15) is 44.1 Å². The number of rotatable bonds is 4. The summed E-state index contributed by atoms with van der Waals surface area (Å²) in [7, 11) is 0. The second kappa shape index (κ2) is 6.85. The maximum Gasteiger partial charge on any atom is 0.162 e. The normalized spacial score (nSPS) is 16.3. The first kappa shape index (κ1) is 15.0. The maximum atomic E-state index is 6.51. The van der Waals surface area contributed by atoms with E-state index in [1.54, 1.807) is 0 Å². The van der Waals surface area contributed by atoms with Crippen LogP contribution in [0.4, 0.5) is 0 Å². The van der Waals surface area contributed by atoms with Gasteiger partial charge in [0.05, 0.1) is 18.6 Å². The molecule has 0 saturated heterocycles. The number of hydrogen-bond donors (Lipinski definition) is 0. The lowest BCUT2D eigenvalue weighted by Gasteiger charge is -2.16. The van der Waals surface area contributed by atoms with Gasteiger partial charge in [0, 0.05) is 10.9 Å². The summed E-state index contributed by atoms with van der Waals surface area (Å²) >= 11 is 10.1. The third-order valence-electron chi connectivity index (χ3n) is 3.20. The molecule has 4 heteroatoms. The highest BCUT2D eigenvalue weighted by Gasteiger charge is 2.18. The third kappa shape index (κ3) is 4.03. The van der Waals surface area contributed by atoms with Gasteiger partial charge >= 0.3 is 0 Å². The van der Waals surface area contributed by atoms with Crippen LogP contribution in [-0.4, -0.2) is 13.2 Å². The molecule has 0 aliphatic carbocycles. The van der Waals surface area contributed by atoms with Crippen LogP contribution in [0.3, 0.4) is 0 Å². The molecule has 0 saturated carbocycles. The van der Waals surface area contributed by atoms with Gasteiger partial charge in [0.1, 0.15) is 0 Å². The van der Waals surface area contributed by atoms with Gasteiger partial charge in [-0.3, -0.25) is 0 Å². The first-order valence-electron chi connectivity index (χ1n) is 6.81. The molecule has 0 fully saturated rings. The van der Waals surface area contributed by atoms with Crippen LogP contribution in [0.15, 0.2) is 16.6 Å². The third-order valence-corrected chi connectivity index (χ3v) is 4.34. The fourth-order valence-electron chi connectivity index (χ4n) is 2.07. The Morgan fingerprint density at radius 3 is 2.42 bits per heavy atom. The summed E-state index contributed by atoms with van der Waals surface area (Å²) in [6, 6.07) is 3.99. The minimum atomic E-state index is 0.00827. The second-order valence-electron chi connectivity index (χ2n) is 5.31. The molecule has 19 heavy (non-hydrogen) atoms. The molecule has 1 heterocycles. The van der Waals surface area contributed by atoms with E-state index in [2.05, 4.69) is 29.8 Å². The zero-order valence-corrected chi connectivity index (χ0v) is 13.8. The topological polar surface area (TPSA) is 18.5 Å². The lowest BCUT2D eigenvalue weighted by molar-refractivity contribution is 0.297. The molecule has 0 spiro atoms. The molecule has 0 amide bonds. The average Bonchev–Trinajstić information content (AvgIpc) is 2.59. The molecule has 1 aromatic carbocycles. The molecule has 1 aromatic rings. The number of fused-ring (bicyclic) bond motifs is 1. The molecule has 1 atom stereocenters. The minimum Gasteiger partial charge on any atom is -0.490 e. The van der Waals surface area contributed by atoms with Crippen molar-refractivity contribution >= 4 is 27.5 Å². The molecule has 1 aliphatic rings. The fourth-order valence-corrected chi connectivity index (χ4v) is 3.11. The van der Waals surface area contributed by atoms with E-state index in [-0.39, 0.29) is 5.38 Å². The predicted molar refractivity (Wildman–Crippen MR) is 82.4 cm³/mol. The Labute approximate surface area is 128 Å². The first-order chi connectivity index (χ1) is 9.08. The monoisotopic (exact) mass is 346 g/mol. The van der Waals surface area contributed by atoms with Gasteiger partial charge < -0.3 is 9.47 Å². The van der Waals surface area contributed by atoms with Crippen LogP contribution < -0.4 is 9.47 Å². The zero-order valence-electron chi connectivity index (χ0n) is 11.4. The van der Waals surface area contributed by atoms with Gasteiger partial charge in [0.15, 0.2) is 11.5 Å². The fraction of sp³-hybridized carbons (Fsp3) is 0.600. The molecule has 0 radical (unpaired) electrons. The molecular weight excluding hydrogens is 328 g/mol. The molecule has 106 valence electrons. The van der Waals surface area contributed by atoms with Crippen molar-refractivity contribution in [1.29, 1.82) is 0 Å². The van der Waals surface area contributed by atoms with Crippen molar-refractivity contribution < 1.29 is 9.47 Å². The number of benzene rings is 1. The van der Waals surface area contributed by atoms with Gasteiger partial charge in [0.2, 0.25) is 0 Å². The Kier molecular flexibility index (Phi) is 5.40. The SMILES string of the molecule is CC(C)CCC(Cl)c1cc2c(cc1Br)OCCCO2. The van der Waals surface area contributed by atoms with E-state index >= 15 is 0 Å². The van der Waals surface area contributed by atoms with Crippen LogP contribution in [0.25, 0.3) is 0 Å². The van der Waals surface area contributed by atoms with Crippen molar-refractivity contribution in [2.45, 2.75) is 38.5 Å². The highest BCUT2D eigenvalue weighted by molar-refractivity contribution is 9.10. The summed E-state index contributed by atoms with van der Waals surface area (Å²) in [6.07, 6.45) is 3.01. The molecule has 0 aromatic heterocycles. The van der Waals surface area contributed by atoms with Crippen molar-refractivity contribution in [3.05, 3.63) is 22.2 Å². The van der Waals surface area contributed by atoms with E-state index in [1.165, 1.54) is 0 Å². The Balaban J connectivity index is 2.18. The van der Waals surface area contributed by atoms with E-state index < -0.39 is 0 Å². The lowest BCUT2D eigenvalue weighted by Crippen LogP contribution is -1.98. The number of ether oxygens (including phenoxy) is 2. The maximum absolute atomic E-state index is 6.51. The van der Waals surface area contributed by atoms with Crippen molar-refractivity contribution in [3.8, 4) is 11.5 Å². The number of halogens is 2. The zero-order chi connectivity index (χ0) is 13.8. The van der Waals surface area contributed by atoms with Crippen molar-refractivity contribution in [2.24, 2.45) is 5.92 Å². The smallest absolute Gasteiger partial charge is 0.162 e. The Hall–Kier alpha value is -0.410. The number of alkyl halides is 1. The molecule has 2 nitrogen and oxygen atoms in total. The summed E-state index contributed by atoms with van der Waals surface area (Å²) < 4.78 is 12.4. The van der Waals surface area contributed by atoms with Crippen LogP contribution in [0.2, 0.25) is 0 Å². The van der Waals surface area contributed by atoms with Crippen LogP contribution in [-0.2, 0) is 0 Å². The molecule has 2 rings (SSSR count). The summed E-state index contributed by atoms with van der Waals surface area (Å²) in [5.41, 5.74) is 1.09.